The van der Waals surface area contributed by atoms with Gasteiger partial charge in [-0.3, -0.25) is 28.7 Å². The number of aryl methyl sites for hydroxylation is 1. The fourth-order valence-corrected chi connectivity index (χ4v) is 6.45. The van der Waals surface area contributed by atoms with E-state index in [4.69, 9.17) is 28.7 Å². The summed E-state index contributed by atoms with van der Waals surface area (Å²) in [4.78, 5) is 53.7. The van der Waals surface area contributed by atoms with E-state index in [0.29, 0.717) is 68.3 Å². The van der Waals surface area contributed by atoms with Gasteiger partial charge in [-0.15, -0.1) is 0 Å². The van der Waals surface area contributed by atoms with Crippen LogP contribution in [0.25, 0.3) is 0 Å². The second-order valence-electron chi connectivity index (χ2n) is 16.2. The van der Waals surface area contributed by atoms with Gasteiger partial charge in [0.15, 0.2) is 11.6 Å². The maximum absolute atomic E-state index is 12.6. The lowest BCUT2D eigenvalue weighted by Crippen LogP contribution is -2.39. The van der Waals surface area contributed by atoms with Crippen molar-refractivity contribution in [1.82, 2.24) is 15.3 Å². The number of nitriles is 1. The van der Waals surface area contributed by atoms with Crippen molar-refractivity contribution in [2.75, 3.05) is 43.7 Å². The van der Waals surface area contributed by atoms with E-state index in [2.05, 4.69) is 46.6 Å². The van der Waals surface area contributed by atoms with Crippen molar-refractivity contribution in [2.24, 2.45) is 11.8 Å². The molecule has 2 unspecified atom stereocenters. The van der Waals surface area contributed by atoms with E-state index in [-0.39, 0.29) is 46.6 Å². The molecule has 4 N–H and O–H groups in total. The predicted molar refractivity (Wildman–Crippen MR) is 257 cm³/mol. The standard InChI is InChI=1S/C41H49N5O5.C6H9NO2.C2H6.CH4O2S/c1-27(2)38(48)37-22-34(12-15-36(37)29(4)47)44-16-19-49-17-8-7-9-18-50-39-28(3)20-33(21-31(39)23-42)41(5,6)32-10-13-35(14-11-32)51-26-30-24-45-40(43)46-25-30;1-4-2-3-5(8)7-6(4)9;1-2;1-4(2)3/h10-15,20-22,24-25,27,44H,7-9,16-19,26H2,1-6H3,(H2,43,45,46);4H,2-3H2,1H3,(H,7,8,9);1-2H3;1H3,(H,2,3)/p-1. The van der Waals surface area contributed by atoms with Gasteiger partial charge in [-0.25, -0.2) is 9.97 Å². The summed E-state index contributed by atoms with van der Waals surface area (Å²) in [7, 11) is 0. The van der Waals surface area contributed by atoms with Crippen molar-refractivity contribution >= 4 is 46.1 Å². The van der Waals surface area contributed by atoms with Gasteiger partial charge in [0.1, 0.15) is 24.2 Å². The molecule has 0 spiro atoms. The smallest absolute Gasteiger partial charge is 0.229 e. The third-order valence-corrected chi connectivity index (χ3v) is 10.3. The molecule has 1 aliphatic heterocycles. The molecule has 2 heterocycles. The van der Waals surface area contributed by atoms with Gasteiger partial charge in [0.05, 0.1) is 18.8 Å². The number of anilines is 2. The van der Waals surface area contributed by atoms with Gasteiger partial charge in [-0.05, 0) is 98.9 Å². The SMILES string of the molecule is CC.CC(=O)c1ccc(NCCOCCCCCOc2c(C)cc(C(C)(C)c3ccc(OCc4cnc(N)nc4)cc3)cc2C#N)cc1C(=O)C(C)C.CC1CCC(=O)NC1=O.CS(=O)[O-]. The number of hydrogen-bond acceptors (Lipinski definition) is 14. The van der Waals surface area contributed by atoms with Gasteiger partial charge < -0.3 is 29.8 Å². The van der Waals surface area contributed by atoms with Crippen molar-refractivity contribution in [3.63, 3.8) is 0 Å². The maximum Gasteiger partial charge on any atom is 0.229 e. The summed E-state index contributed by atoms with van der Waals surface area (Å²) in [5, 5.41) is 15.5. The molecule has 0 radical (unpaired) electrons. The lowest BCUT2D eigenvalue weighted by molar-refractivity contribution is -0.135. The van der Waals surface area contributed by atoms with E-state index in [1.165, 1.54) is 6.92 Å². The fraction of sp³-hybridized carbons (Fsp3) is 0.460. The topological polar surface area (TPSA) is 236 Å². The number of aromatic nitrogens is 2. The first kappa shape index (κ1) is 56.1. The lowest BCUT2D eigenvalue weighted by Gasteiger charge is -2.27. The molecular formula is C50H67N6O9S-. The Labute approximate surface area is 392 Å². The van der Waals surface area contributed by atoms with Crippen LogP contribution in [0.4, 0.5) is 11.6 Å². The van der Waals surface area contributed by atoms with Crippen molar-refractivity contribution in [3.8, 4) is 17.6 Å². The highest BCUT2D eigenvalue weighted by molar-refractivity contribution is 7.78. The van der Waals surface area contributed by atoms with Crippen molar-refractivity contribution in [2.45, 2.75) is 106 Å². The fourth-order valence-electron chi connectivity index (χ4n) is 6.45. The Balaban J connectivity index is 0.000000854. The number of hydrogen-bond donors (Lipinski definition) is 3. The van der Waals surface area contributed by atoms with Crippen LogP contribution in [0.3, 0.4) is 0 Å². The highest BCUT2D eigenvalue weighted by Gasteiger charge is 2.26. The Bertz CT molecular complexity index is 2250. The monoisotopic (exact) mass is 927 g/mol. The number of carbonyl (C=O) groups excluding carboxylic acids is 4. The van der Waals surface area contributed by atoms with Crippen LogP contribution < -0.4 is 25.8 Å². The van der Waals surface area contributed by atoms with Crippen LogP contribution in [-0.2, 0) is 37.4 Å². The first-order chi connectivity index (χ1) is 31.3. The number of nitrogens with zero attached hydrogens (tertiary/aromatic N) is 3. The average Bonchev–Trinajstić information content (AvgIpc) is 3.28. The minimum atomic E-state index is -1.86. The molecule has 0 saturated carbocycles. The zero-order chi connectivity index (χ0) is 49.4. The number of rotatable bonds is 19. The molecule has 66 heavy (non-hydrogen) atoms. The Morgan fingerprint density at radius 2 is 1.61 bits per heavy atom. The van der Waals surface area contributed by atoms with E-state index < -0.39 is 11.1 Å². The Kier molecular flexibility index (Phi) is 24.5. The van der Waals surface area contributed by atoms with Gasteiger partial charge in [0.2, 0.25) is 17.8 Å². The summed E-state index contributed by atoms with van der Waals surface area (Å²) in [6.45, 7) is 19.8. The number of nitrogens with two attached hydrogens (primary N) is 1. The molecule has 1 aromatic heterocycles. The molecule has 4 aromatic rings. The summed E-state index contributed by atoms with van der Waals surface area (Å²) in [6.07, 6.45) is 8.23. The minimum Gasteiger partial charge on any atom is -0.773 e. The number of unbranched alkanes of at least 4 members (excludes halogenated alkanes) is 2. The largest absolute Gasteiger partial charge is 0.773 e. The minimum absolute atomic E-state index is 0.0164. The number of piperidine rings is 1. The molecule has 2 atom stereocenters. The number of imide groups is 1. The number of nitrogen functional groups attached to an aromatic ring is 1. The number of nitrogens with one attached hydrogen (secondary N) is 2. The zero-order valence-electron chi connectivity index (χ0n) is 40.1. The second-order valence-corrected chi connectivity index (χ2v) is 17.0. The van der Waals surface area contributed by atoms with Gasteiger partial charge in [-0.1, -0.05) is 77.7 Å². The predicted octanol–water partition coefficient (Wildman–Crippen LogP) is 8.44. The van der Waals surface area contributed by atoms with Crippen molar-refractivity contribution in [1.29, 1.82) is 5.26 Å². The van der Waals surface area contributed by atoms with Crippen LogP contribution in [0, 0.1) is 30.1 Å². The molecule has 5 rings (SSSR count). The molecule has 0 bridgehead atoms. The van der Waals surface area contributed by atoms with E-state index in [9.17, 15) is 24.4 Å². The lowest BCUT2D eigenvalue weighted by atomic mass is 9.77. The average molecular weight is 928 g/mol. The molecule has 1 aliphatic rings. The molecule has 1 fully saturated rings. The molecule has 15 nitrogen and oxygen atoms in total. The molecule has 3 aromatic carbocycles. The highest BCUT2D eigenvalue weighted by Crippen LogP contribution is 2.37. The van der Waals surface area contributed by atoms with E-state index in [1.807, 2.05) is 77.9 Å². The number of amides is 2. The number of carbonyl (C=O) groups is 4. The summed E-state index contributed by atoms with van der Waals surface area (Å²) >= 11 is -1.86. The summed E-state index contributed by atoms with van der Waals surface area (Å²) in [6, 6.07) is 19.6. The summed E-state index contributed by atoms with van der Waals surface area (Å²) in [5.41, 5.74) is 11.3. The Morgan fingerprint density at radius 3 is 2.18 bits per heavy atom. The first-order valence-electron chi connectivity index (χ1n) is 22.2. The van der Waals surface area contributed by atoms with Crippen molar-refractivity contribution in [3.05, 3.63) is 106 Å². The Morgan fingerprint density at radius 1 is 0.970 bits per heavy atom. The zero-order valence-corrected chi connectivity index (χ0v) is 40.9. The van der Waals surface area contributed by atoms with Gasteiger partial charge in [0.25, 0.3) is 0 Å². The third kappa shape index (κ3) is 18.8. The number of benzene rings is 3. The summed E-state index contributed by atoms with van der Waals surface area (Å²) in [5.74, 6) is 0.980. The molecule has 2 amide bonds. The molecule has 1 saturated heterocycles. The van der Waals surface area contributed by atoms with Crippen LogP contribution in [-0.4, -0.2) is 74.7 Å². The number of ether oxygens (including phenoxy) is 3. The van der Waals surface area contributed by atoms with Gasteiger partial charge in [0, 0.05) is 71.6 Å². The van der Waals surface area contributed by atoms with Crippen LogP contribution in [0.2, 0.25) is 0 Å². The van der Waals surface area contributed by atoms with Gasteiger partial charge >= 0.3 is 0 Å². The Hall–Kier alpha value is -6.02. The third-order valence-electron chi connectivity index (χ3n) is 10.3. The maximum atomic E-state index is 12.6. The highest BCUT2D eigenvalue weighted by atomic mass is 32.2. The molecule has 0 aliphatic carbocycles. The normalized spacial score (nSPS) is 13.5. The quantitative estimate of drug-likeness (QED) is 0.0346. The van der Waals surface area contributed by atoms with Crippen LogP contribution >= 0.6 is 0 Å². The van der Waals surface area contributed by atoms with Crippen LogP contribution in [0.5, 0.6) is 11.5 Å². The summed E-state index contributed by atoms with van der Waals surface area (Å²) < 4.78 is 35.8. The van der Waals surface area contributed by atoms with E-state index >= 15 is 0 Å². The van der Waals surface area contributed by atoms with Gasteiger partial charge in [-0.2, -0.15) is 5.26 Å². The van der Waals surface area contributed by atoms with Crippen LogP contribution in [0.1, 0.15) is 136 Å². The molecule has 358 valence electrons. The number of ketones is 2. The van der Waals surface area contributed by atoms with Crippen molar-refractivity contribution < 1.29 is 42.2 Å². The van der Waals surface area contributed by atoms with Crippen LogP contribution in [0.15, 0.2) is 67.0 Å². The first-order valence-corrected chi connectivity index (χ1v) is 23.6. The molecule has 16 heteroatoms. The number of Topliss-reactive ketones (excluding diaryl/α,β-unsaturated/α-hetero) is 2. The van der Waals surface area contributed by atoms with E-state index in [0.717, 1.165) is 59.2 Å². The molecular weight excluding hydrogens is 861 g/mol. The second kappa shape index (κ2) is 28.8. The van der Waals surface area contributed by atoms with E-state index in [1.54, 1.807) is 24.5 Å².